The molecule has 0 heterocycles. The summed E-state index contributed by atoms with van der Waals surface area (Å²) in [5.41, 5.74) is 0.725. The highest BCUT2D eigenvalue weighted by atomic mass is 127. The van der Waals surface area contributed by atoms with Gasteiger partial charge in [-0.15, -0.1) is 0 Å². The van der Waals surface area contributed by atoms with Crippen LogP contribution in [0.3, 0.4) is 0 Å². The largest absolute Gasteiger partial charge is 0.352 e. The Hall–Kier alpha value is -0.620. The molecule has 1 aromatic carbocycles. The Balaban J connectivity index is 2.42. The molecule has 1 amide bonds. The summed E-state index contributed by atoms with van der Waals surface area (Å²) in [6.07, 6.45) is 0. The molecule has 0 bridgehead atoms. The lowest BCUT2D eigenvalue weighted by Gasteiger charge is -2.17. The maximum absolute atomic E-state index is 11.8. The number of hydrogen-bond donors (Lipinski definition) is 1. The van der Waals surface area contributed by atoms with Gasteiger partial charge in [0.2, 0.25) is 0 Å². The SMILES string of the molecule is C[C@@H](CNC(=O)c1ccc(I)cc1)CN(C)C. The van der Waals surface area contributed by atoms with Crippen LogP contribution in [0.2, 0.25) is 0 Å². The highest BCUT2D eigenvalue weighted by Crippen LogP contribution is 2.06. The van der Waals surface area contributed by atoms with E-state index in [1.54, 1.807) is 0 Å². The standard InChI is InChI=1S/C13H19IN2O/c1-10(9-16(2)3)8-15-13(17)11-4-6-12(14)7-5-11/h4-7,10H,8-9H2,1-3H3,(H,15,17)/t10-/m0/s1. The van der Waals surface area contributed by atoms with E-state index < -0.39 is 0 Å². The van der Waals surface area contributed by atoms with E-state index in [1.165, 1.54) is 0 Å². The second-order valence-corrected chi connectivity index (χ2v) is 5.83. The van der Waals surface area contributed by atoms with Gasteiger partial charge < -0.3 is 10.2 Å². The third-order valence-corrected chi connectivity index (χ3v) is 3.11. The Morgan fingerprint density at radius 2 is 1.94 bits per heavy atom. The monoisotopic (exact) mass is 346 g/mol. The van der Waals surface area contributed by atoms with Gasteiger partial charge in [-0.25, -0.2) is 0 Å². The fraction of sp³-hybridized carbons (Fsp3) is 0.462. The Bertz CT molecular complexity index is 362. The van der Waals surface area contributed by atoms with E-state index >= 15 is 0 Å². The van der Waals surface area contributed by atoms with Crippen LogP contribution in [0.4, 0.5) is 0 Å². The van der Waals surface area contributed by atoms with Gasteiger partial charge in [0.15, 0.2) is 0 Å². The summed E-state index contributed by atoms with van der Waals surface area (Å²) in [7, 11) is 4.08. The molecule has 17 heavy (non-hydrogen) atoms. The molecule has 0 spiro atoms. The van der Waals surface area contributed by atoms with Gasteiger partial charge in [-0.2, -0.15) is 0 Å². The summed E-state index contributed by atoms with van der Waals surface area (Å²) in [4.78, 5) is 13.9. The van der Waals surface area contributed by atoms with Gasteiger partial charge in [-0.05, 0) is 66.9 Å². The van der Waals surface area contributed by atoms with Crippen molar-refractivity contribution in [1.29, 1.82) is 0 Å². The number of hydrogen-bond acceptors (Lipinski definition) is 2. The summed E-state index contributed by atoms with van der Waals surface area (Å²) < 4.78 is 1.14. The molecule has 0 radical (unpaired) electrons. The summed E-state index contributed by atoms with van der Waals surface area (Å²) in [6, 6.07) is 7.60. The van der Waals surface area contributed by atoms with Crippen molar-refractivity contribution in [1.82, 2.24) is 10.2 Å². The Kier molecular flexibility index (Phi) is 5.91. The van der Waals surface area contributed by atoms with Crippen molar-refractivity contribution in [3.05, 3.63) is 33.4 Å². The molecule has 1 aromatic rings. The van der Waals surface area contributed by atoms with Crippen LogP contribution in [0.5, 0.6) is 0 Å². The van der Waals surface area contributed by atoms with Crippen molar-refractivity contribution in [3.8, 4) is 0 Å². The van der Waals surface area contributed by atoms with Crippen molar-refractivity contribution < 1.29 is 4.79 Å². The number of benzene rings is 1. The van der Waals surface area contributed by atoms with Crippen LogP contribution in [0.1, 0.15) is 17.3 Å². The van der Waals surface area contributed by atoms with Gasteiger partial charge >= 0.3 is 0 Å². The molecule has 1 rings (SSSR count). The molecular formula is C13H19IN2O. The average molecular weight is 346 g/mol. The molecule has 0 aliphatic carbocycles. The maximum atomic E-state index is 11.8. The predicted molar refractivity (Wildman–Crippen MR) is 79.2 cm³/mol. The molecule has 0 saturated heterocycles. The van der Waals surface area contributed by atoms with Crippen LogP contribution >= 0.6 is 22.6 Å². The van der Waals surface area contributed by atoms with Crippen LogP contribution in [-0.2, 0) is 0 Å². The molecule has 0 aromatic heterocycles. The number of halogens is 1. The van der Waals surface area contributed by atoms with Crippen molar-refractivity contribution in [2.75, 3.05) is 27.2 Å². The van der Waals surface area contributed by atoms with E-state index in [2.05, 4.69) is 39.7 Å². The zero-order valence-electron chi connectivity index (χ0n) is 10.5. The third-order valence-electron chi connectivity index (χ3n) is 2.39. The molecule has 0 saturated carbocycles. The second kappa shape index (κ2) is 6.96. The first-order valence-electron chi connectivity index (χ1n) is 5.67. The minimum Gasteiger partial charge on any atom is -0.352 e. The number of rotatable bonds is 5. The predicted octanol–water partition coefficient (Wildman–Crippen LogP) is 2.22. The van der Waals surface area contributed by atoms with Crippen LogP contribution in [0.15, 0.2) is 24.3 Å². The molecule has 94 valence electrons. The van der Waals surface area contributed by atoms with Gasteiger partial charge in [0.1, 0.15) is 0 Å². The van der Waals surface area contributed by atoms with E-state index in [4.69, 9.17) is 0 Å². The molecular weight excluding hydrogens is 327 g/mol. The number of amides is 1. The van der Waals surface area contributed by atoms with Gasteiger partial charge in [0, 0.05) is 22.2 Å². The molecule has 0 fully saturated rings. The van der Waals surface area contributed by atoms with Crippen LogP contribution < -0.4 is 5.32 Å². The van der Waals surface area contributed by atoms with Crippen molar-refractivity contribution >= 4 is 28.5 Å². The minimum atomic E-state index is 0.00649. The van der Waals surface area contributed by atoms with E-state index in [-0.39, 0.29) is 5.91 Å². The van der Waals surface area contributed by atoms with Crippen LogP contribution in [-0.4, -0.2) is 38.0 Å². The quantitative estimate of drug-likeness (QED) is 0.830. The highest BCUT2D eigenvalue weighted by molar-refractivity contribution is 14.1. The molecule has 3 nitrogen and oxygen atoms in total. The lowest BCUT2D eigenvalue weighted by Crippen LogP contribution is -2.32. The van der Waals surface area contributed by atoms with Crippen molar-refractivity contribution in [2.24, 2.45) is 5.92 Å². The van der Waals surface area contributed by atoms with E-state index in [0.717, 1.165) is 15.7 Å². The third kappa shape index (κ3) is 5.50. The minimum absolute atomic E-state index is 0.00649. The molecule has 1 atom stereocenters. The van der Waals surface area contributed by atoms with Gasteiger partial charge in [0.05, 0.1) is 0 Å². The Morgan fingerprint density at radius 1 is 1.35 bits per heavy atom. The average Bonchev–Trinajstić information content (AvgIpc) is 2.26. The van der Waals surface area contributed by atoms with Gasteiger partial charge in [0.25, 0.3) is 5.91 Å². The lowest BCUT2D eigenvalue weighted by molar-refractivity contribution is 0.0946. The Labute approximate surface area is 117 Å². The van der Waals surface area contributed by atoms with Crippen LogP contribution in [0, 0.1) is 9.49 Å². The normalized spacial score (nSPS) is 12.5. The summed E-state index contributed by atoms with van der Waals surface area (Å²) in [5, 5.41) is 2.96. The number of nitrogens with zero attached hydrogens (tertiary/aromatic N) is 1. The summed E-state index contributed by atoms with van der Waals surface area (Å²) >= 11 is 2.23. The van der Waals surface area contributed by atoms with E-state index in [9.17, 15) is 4.79 Å². The number of carbonyl (C=O) groups excluding carboxylic acids is 1. The first-order chi connectivity index (χ1) is 7.99. The molecule has 0 unspecified atom stereocenters. The molecule has 0 aliphatic rings. The second-order valence-electron chi connectivity index (χ2n) is 4.58. The van der Waals surface area contributed by atoms with Crippen molar-refractivity contribution in [2.45, 2.75) is 6.92 Å². The van der Waals surface area contributed by atoms with E-state index in [1.807, 2.05) is 38.4 Å². The molecule has 0 aliphatic heterocycles. The fourth-order valence-corrected chi connectivity index (χ4v) is 2.02. The topological polar surface area (TPSA) is 32.3 Å². The summed E-state index contributed by atoms with van der Waals surface area (Å²) in [6.45, 7) is 3.82. The highest BCUT2D eigenvalue weighted by Gasteiger charge is 2.08. The van der Waals surface area contributed by atoms with Gasteiger partial charge in [-0.1, -0.05) is 6.92 Å². The molecule has 4 heteroatoms. The lowest BCUT2D eigenvalue weighted by atomic mass is 10.1. The van der Waals surface area contributed by atoms with Crippen LogP contribution in [0.25, 0.3) is 0 Å². The first-order valence-corrected chi connectivity index (χ1v) is 6.75. The number of carbonyl (C=O) groups is 1. The van der Waals surface area contributed by atoms with Crippen molar-refractivity contribution in [3.63, 3.8) is 0 Å². The molecule has 1 N–H and O–H groups in total. The Morgan fingerprint density at radius 3 is 2.47 bits per heavy atom. The zero-order chi connectivity index (χ0) is 12.8. The van der Waals surface area contributed by atoms with Gasteiger partial charge in [-0.3, -0.25) is 4.79 Å². The number of nitrogens with one attached hydrogen (secondary N) is 1. The smallest absolute Gasteiger partial charge is 0.251 e. The maximum Gasteiger partial charge on any atom is 0.251 e. The first kappa shape index (κ1) is 14.4. The fourth-order valence-electron chi connectivity index (χ4n) is 1.66. The summed E-state index contributed by atoms with van der Waals surface area (Å²) in [5.74, 6) is 0.463. The van der Waals surface area contributed by atoms with E-state index in [0.29, 0.717) is 12.5 Å². The zero-order valence-corrected chi connectivity index (χ0v) is 12.7.